The molecule has 11 aliphatic rings. The molecule has 5 fully saturated rings. The molecule has 0 N–H and O–H groups in total. The molecule has 0 aromatic rings. The van der Waals surface area contributed by atoms with Gasteiger partial charge >= 0.3 is 51.9 Å². The molecule has 0 aliphatic carbocycles. The van der Waals surface area contributed by atoms with Gasteiger partial charge in [-0.15, -0.1) is 0 Å². The average Bonchev–Trinajstić information content (AvgIpc) is 3.13. The Morgan fingerprint density at radius 1 is 0.230 bits per heavy atom. The summed E-state index contributed by atoms with van der Waals surface area (Å²) >= 11 is 0. The van der Waals surface area contributed by atoms with Crippen molar-refractivity contribution in [3.05, 3.63) is 210 Å². The van der Waals surface area contributed by atoms with Crippen molar-refractivity contribution in [2.24, 2.45) is 32.5 Å². The van der Waals surface area contributed by atoms with Gasteiger partial charge in [0.1, 0.15) is 0 Å². The zero-order chi connectivity index (χ0) is 62.6. The Labute approximate surface area is 568 Å². The van der Waals surface area contributed by atoms with E-state index in [1.807, 2.05) is 37.2 Å². The van der Waals surface area contributed by atoms with Gasteiger partial charge in [-0.25, -0.2) is 0 Å². The number of rotatable bonds is 0. The number of nitrogens with zero attached hydrogens (tertiary/aromatic N) is 6. The van der Waals surface area contributed by atoms with E-state index in [1.165, 1.54) is 97.6 Å². The van der Waals surface area contributed by atoms with Gasteiger partial charge in [-0.3, -0.25) is 0 Å². The normalized spacial score (nSPS) is 22.7. The third-order valence-electron chi connectivity index (χ3n) is 14.7. The summed E-state index contributed by atoms with van der Waals surface area (Å²) < 4.78 is 24.7. The Bertz CT molecular complexity index is 2090. The molecule has 11 nitrogen and oxygen atoms in total. The van der Waals surface area contributed by atoms with E-state index < -0.39 is 0 Å². The summed E-state index contributed by atoms with van der Waals surface area (Å²) in [6.45, 7) is 49.8. The van der Waals surface area contributed by atoms with Crippen LogP contribution < -0.4 is 29.6 Å². The van der Waals surface area contributed by atoms with Gasteiger partial charge in [0.2, 0.25) is 0 Å². The number of hydrogen-bond acceptors (Lipinski definition) is 5. The van der Waals surface area contributed by atoms with Crippen LogP contribution in [0, 0.1) is 32.5 Å². The van der Waals surface area contributed by atoms with Crippen molar-refractivity contribution >= 4 is 0 Å². The molecule has 11 aliphatic heterocycles. The first-order valence-electron chi connectivity index (χ1n) is 31.7. The van der Waals surface area contributed by atoms with E-state index in [0.29, 0.717) is 0 Å². The largest absolute Gasteiger partial charge is 5.00 e. The molecule has 0 radical (unpaired) electrons. The molecule has 11 heterocycles. The van der Waals surface area contributed by atoms with Crippen LogP contribution in [0.2, 0.25) is 0 Å². The molecule has 0 aromatic carbocycles. The molecule has 0 bridgehead atoms. The van der Waals surface area contributed by atoms with Crippen LogP contribution in [0.15, 0.2) is 178 Å². The van der Waals surface area contributed by atoms with Crippen LogP contribution in [0.4, 0.5) is 0 Å². The summed E-state index contributed by atoms with van der Waals surface area (Å²) in [5, 5.41) is 26.9. The fourth-order valence-corrected chi connectivity index (χ4v) is 8.77. The van der Waals surface area contributed by atoms with Gasteiger partial charge in [0, 0.05) is 66.1 Å². The minimum absolute atomic E-state index is 0. The van der Waals surface area contributed by atoms with Crippen LogP contribution in [0.1, 0.15) is 189 Å². The van der Waals surface area contributed by atoms with E-state index in [4.69, 9.17) is 23.7 Å². The molecule has 0 atom stereocenters. The van der Waals surface area contributed by atoms with Gasteiger partial charge < -0.3 is 55.6 Å². The maximum Gasteiger partial charge on any atom is 5.00 e. The van der Waals surface area contributed by atoms with Crippen LogP contribution in [0.5, 0.6) is 0 Å². The summed E-state index contributed by atoms with van der Waals surface area (Å²) in [5.74, 6) is 0. The second kappa shape index (κ2) is 39.6. The van der Waals surface area contributed by atoms with Crippen LogP contribution in [0.3, 0.4) is 0 Å². The second-order valence-corrected chi connectivity index (χ2v) is 28.7. The third-order valence-corrected chi connectivity index (χ3v) is 14.7. The molecule has 0 unspecified atom stereocenters. The van der Waals surface area contributed by atoms with Crippen LogP contribution in [-0.2, 0) is 46.1 Å². The maximum atomic E-state index is 4.94. The van der Waals surface area contributed by atoms with E-state index >= 15 is 0 Å². The predicted molar refractivity (Wildman–Crippen MR) is 362 cm³/mol. The first-order chi connectivity index (χ1) is 40.0. The Morgan fingerprint density at radius 3 is 0.425 bits per heavy atom. The molecular weight excluding hydrogens is 1260 g/mol. The predicted octanol–water partition coefficient (Wildman–Crippen LogP) is 18.8. The topological polar surface area (TPSA) is 131 Å². The van der Waals surface area contributed by atoms with Gasteiger partial charge in [-0.05, 0) is 130 Å². The summed E-state index contributed by atoms with van der Waals surface area (Å²) in [6.07, 6.45) is 49.4. The molecule has 0 amide bonds. The monoisotopic (exact) mass is 1370 g/mol. The maximum absolute atomic E-state index is 4.94. The standard InChI is InChI=1S/3C18H24N2.5C4H8O.Na.Ta/c3*1-17(2,3)13-7-9-19-15(11-13)16-12-14(8-10-20-16)18(4,5)6;5*1-2-4-5-3-1;;/h3*7-12H,1-6H3;5*1-4H2;;/q3*-2;;;;;;+1;+5/b3*16-15-;;;;;;;. The van der Waals surface area contributed by atoms with Crippen LogP contribution in [-0.4, -0.2) is 66.1 Å². The molecule has 13 heteroatoms. The third kappa shape index (κ3) is 31.8. The van der Waals surface area contributed by atoms with Crippen LogP contribution >= 0.6 is 0 Å². The van der Waals surface area contributed by atoms with Crippen molar-refractivity contribution in [2.75, 3.05) is 66.1 Å². The minimum Gasteiger partial charge on any atom is -0.665 e. The van der Waals surface area contributed by atoms with Crippen molar-refractivity contribution in [2.45, 2.75) is 189 Å². The van der Waals surface area contributed by atoms with Gasteiger partial charge in [0.15, 0.2) is 0 Å². The minimum atomic E-state index is 0. The first-order valence-corrected chi connectivity index (χ1v) is 31.7. The quantitative estimate of drug-likeness (QED) is 0.223. The molecule has 0 aromatic heterocycles. The number of allylic oxidation sites excluding steroid dienone is 18. The Kier molecular flexibility index (Phi) is 36.2. The molecule has 11 rings (SSSR count). The second-order valence-electron chi connectivity index (χ2n) is 28.7. The van der Waals surface area contributed by atoms with E-state index in [2.05, 4.69) is 229 Å². The molecule has 5 saturated heterocycles. The molecule has 0 spiro atoms. The first kappa shape index (κ1) is 79.5. The number of ether oxygens (including phenoxy) is 5. The fourth-order valence-electron chi connectivity index (χ4n) is 8.77. The Hall–Kier alpha value is -3.56. The summed E-state index contributed by atoms with van der Waals surface area (Å²) in [7, 11) is 0. The van der Waals surface area contributed by atoms with Crippen molar-refractivity contribution in [1.82, 2.24) is 0 Å². The SMILES string of the molecule is C1CCOC1.C1CCOC1.C1CCOC1.C1CCOC1.C1CCOC1.CC(C)(C)C1=C/C(=C2\C=C(C(C)(C)C)C=C[N-]2)[N-]C=C1.CC(C)(C)C1=C/C(=C2\C=C(C(C)(C)C)C=C[N-]2)[N-]C=C1.CC(C)(C)C1=C/C(=C2\C=C(C(C)(C)C)C=C[N-]2)[N-]C=C1.[Na+].[Ta+5]. The van der Waals surface area contributed by atoms with Crippen molar-refractivity contribution in [3.63, 3.8) is 0 Å². The fraction of sp³-hybridized carbons (Fsp3) is 0.595. The van der Waals surface area contributed by atoms with Gasteiger partial charge in [-0.2, -0.15) is 71.4 Å². The summed E-state index contributed by atoms with van der Waals surface area (Å²) in [5.41, 5.74) is 14.1. The van der Waals surface area contributed by atoms with E-state index in [-0.39, 0.29) is 84.4 Å². The molecular formula is C74H112N6NaO5Ta. The zero-order valence-corrected chi connectivity index (χ0v) is 62.9. The summed E-state index contributed by atoms with van der Waals surface area (Å²) in [4.78, 5) is 0. The van der Waals surface area contributed by atoms with Crippen molar-refractivity contribution < 1.29 is 75.6 Å². The van der Waals surface area contributed by atoms with Gasteiger partial charge in [0.05, 0.1) is 0 Å². The average molecular weight is 1370 g/mol. The Morgan fingerprint density at radius 2 is 0.345 bits per heavy atom. The number of hydrogen-bond donors (Lipinski definition) is 0. The van der Waals surface area contributed by atoms with E-state index in [9.17, 15) is 0 Å². The van der Waals surface area contributed by atoms with Crippen molar-refractivity contribution in [3.8, 4) is 0 Å². The van der Waals surface area contributed by atoms with Gasteiger partial charge in [0.25, 0.3) is 0 Å². The molecule has 0 saturated carbocycles. The van der Waals surface area contributed by atoms with E-state index in [0.717, 1.165) is 100 Å². The summed E-state index contributed by atoms with van der Waals surface area (Å²) in [6, 6.07) is 0. The Balaban J connectivity index is 0.000000365. The zero-order valence-electron chi connectivity index (χ0n) is 57.7. The van der Waals surface area contributed by atoms with E-state index in [1.54, 1.807) is 0 Å². The smallest absolute Gasteiger partial charge is 0.665 e. The molecule has 87 heavy (non-hydrogen) atoms. The van der Waals surface area contributed by atoms with Gasteiger partial charge in [-0.1, -0.05) is 198 Å². The molecule has 474 valence electrons. The van der Waals surface area contributed by atoms with Crippen LogP contribution in [0.25, 0.3) is 31.9 Å². The van der Waals surface area contributed by atoms with Crippen molar-refractivity contribution in [1.29, 1.82) is 0 Å².